The summed E-state index contributed by atoms with van der Waals surface area (Å²) in [7, 11) is 0. The first-order valence-electron chi connectivity index (χ1n) is 5.31. The zero-order valence-electron chi connectivity index (χ0n) is 9.42. The Morgan fingerprint density at radius 1 is 1.22 bits per heavy atom. The van der Waals surface area contributed by atoms with Crippen LogP contribution >= 0.6 is 0 Å². The lowest BCUT2D eigenvalue weighted by molar-refractivity contribution is 0.0948. The highest BCUT2D eigenvalue weighted by molar-refractivity contribution is 5.93. The molecule has 0 atom stereocenters. The monoisotopic (exact) mass is 245 g/mol. The van der Waals surface area contributed by atoms with E-state index in [1.807, 2.05) is 0 Å². The number of phenols is 1. The van der Waals surface area contributed by atoms with Crippen LogP contribution in [0.1, 0.15) is 15.9 Å². The Hall–Kier alpha value is -2.56. The van der Waals surface area contributed by atoms with Gasteiger partial charge < -0.3 is 14.8 Å². The molecule has 2 aromatic rings. The van der Waals surface area contributed by atoms with Gasteiger partial charge in [-0.3, -0.25) is 4.79 Å². The van der Waals surface area contributed by atoms with E-state index in [0.717, 1.165) is 6.26 Å². The summed E-state index contributed by atoms with van der Waals surface area (Å²) in [4.78, 5) is 22.4. The van der Waals surface area contributed by atoms with Crippen molar-refractivity contribution in [2.75, 3.05) is 0 Å². The van der Waals surface area contributed by atoms with Crippen LogP contribution in [0.4, 0.5) is 0 Å². The van der Waals surface area contributed by atoms with E-state index in [4.69, 9.17) is 0 Å². The third-order valence-corrected chi connectivity index (χ3v) is 2.39. The molecule has 1 aromatic heterocycles. The van der Waals surface area contributed by atoms with E-state index in [2.05, 4.69) is 9.73 Å². The zero-order valence-corrected chi connectivity index (χ0v) is 9.42. The third-order valence-electron chi connectivity index (χ3n) is 2.39. The highest BCUT2D eigenvalue weighted by Crippen LogP contribution is 2.14. The van der Waals surface area contributed by atoms with Crippen LogP contribution in [0.25, 0.3) is 0 Å². The Kier molecular flexibility index (Phi) is 3.43. The number of aromatic hydroxyl groups is 1. The van der Waals surface area contributed by atoms with E-state index < -0.39 is 5.63 Å². The minimum atomic E-state index is -0.507. The molecule has 0 radical (unpaired) electrons. The molecule has 0 saturated heterocycles. The fraction of sp³-hybridized carbons (Fsp3) is 0.0769. The molecule has 5 heteroatoms. The number of phenolic OH excluding ortho intramolecular Hbond substituents is 1. The van der Waals surface area contributed by atoms with E-state index in [1.165, 1.54) is 12.1 Å². The van der Waals surface area contributed by atoms with E-state index in [9.17, 15) is 14.7 Å². The van der Waals surface area contributed by atoms with Crippen LogP contribution in [0.2, 0.25) is 0 Å². The third kappa shape index (κ3) is 2.76. The largest absolute Gasteiger partial charge is 0.508 e. The predicted octanol–water partition coefficient (Wildman–Crippen LogP) is 1.28. The van der Waals surface area contributed by atoms with Gasteiger partial charge >= 0.3 is 5.63 Å². The first-order valence-corrected chi connectivity index (χ1v) is 5.31. The second-order valence-corrected chi connectivity index (χ2v) is 3.65. The number of amides is 1. The zero-order chi connectivity index (χ0) is 13.0. The topological polar surface area (TPSA) is 79.5 Å². The van der Waals surface area contributed by atoms with Gasteiger partial charge in [0.05, 0.1) is 5.56 Å². The second kappa shape index (κ2) is 5.18. The number of nitrogens with one attached hydrogen (secondary N) is 1. The number of para-hydroxylation sites is 1. The van der Waals surface area contributed by atoms with Crippen LogP contribution < -0.4 is 10.9 Å². The molecule has 18 heavy (non-hydrogen) atoms. The van der Waals surface area contributed by atoms with Gasteiger partial charge in [0.15, 0.2) is 0 Å². The van der Waals surface area contributed by atoms with Gasteiger partial charge in [0.1, 0.15) is 12.0 Å². The number of carbonyl (C=O) groups is 1. The maximum absolute atomic E-state index is 11.7. The summed E-state index contributed by atoms with van der Waals surface area (Å²) in [6, 6.07) is 9.28. The van der Waals surface area contributed by atoms with Crippen molar-refractivity contribution in [2.24, 2.45) is 0 Å². The molecule has 5 nitrogen and oxygen atoms in total. The maximum atomic E-state index is 11.7. The maximum Gasteiger partial charge on any atom is 0.335 e. The normalized spacial score (nSPS) is 10.0. The number of hydrogen-bond donors (Lipinski definition) is 2. The Morgan fingerprint density at radius 2 is 2.00 bits per heavy atom. The molecule has 1 aromatic carbocycles. The standard InChI is InChI=1S/C13H11NO4/c15-11-4-2-1-3-9(11)7-14-13(17)10-5-6-12(16)18-8-10/h1-6,8,15H,7H2,(H,14,17). The Bertz CT molecular complexity index is 598. The second-order valence-electron chi connectivity index (χ2n) is 3.65. The van der Waals surface area contributed by atoms with Gasteiger partial charge in [-0.15, -0.1) is 0 Å². The highest BCUT2D eigenvalue weighted by atomic mass is 16.4. The van der Waals surface area contributed by atoms with Gasteiger partial charge in [0, 0.05) is 18.2 Å². The summed E-state index contributed by atoms with van der Waals surface area (Å²) in [5.41, 5.74) is 0.362. The fourth-order valence-corrected chi connectivity index (χ4v) is 1.43. The summed E-state index contributed by atoms with van der Waals surface area (Å²) in [6.45, 7) is 0.199. The van der Waals surface area contributed by atoms with Crippen molar-refractivity contribution in [1.82, 2.24) is 5.32 Å². The molecular weight excluding hydrogens is 234 g/mol. The van der Waals surface area contributed by atoms with E-state index in [-0.39, 0.29) is 23.8 Å². The molecule has 2 N–H and O–H groups in total. The average Bonchev–Trinajstić information content (AvgIpc) is 2.38. The van der Waals surface area contributed by atoms with Gasteiger partial charge in [-0.2, -0.15) is 0 Å². The van der Waals surface area contributed by atoms with Crippen LogP contribution in [-0.2, 0) is 6.54 Å². The van der Waals surface area contributed by atoms with Crippen molar-refractivity contribution in [3.63, 3.8) is 0 Å². The lowest BCUT2D eigenvalue weighted by atomic mass is 10.2. The predicted molar refractivity (Wildman–Crippen MR) is 64.3 cm³/mol. The van der Waals surface area contributed by atoms with Crippen LogP contribution in [-0.4, -0.2) is 11.0 Å². The van der Waals surface area contributed by atoms with Crippen LogP contribution in [0.3, 0.4) is 0 Å². The van der Waals surface area contributed by atoms with Gasteiger partial charge in [0.2, 0.25) is 0 Å². The smallest absolute Gasteiger partial charge is 0.335 e. The molecule has 92 valence electrons. The van der Waals surface area contributed by atoms with Crippen molar-refractivity contribution in [2.45, 2.75) is 6.54 Å². The molecule has 2 rings (SSSR count). The molecule has 0 unspecified atom stereocenters. The number of hydrogen-bond acceptors (Lipinski definition) is 4. The Labute approximate surface area is 103 Å². The van der Waals surface area contributed by atoms with E-state index in [0.29, 0.717) is 5.56 Å². The average molecular weight is 245 g/mol. The molecule has 1 amide bonds. The summed E-state index contributed by atoms with van der Waals surface area (Å²) in [5.74, 6) is -0.251. The number of rotatable bonds is 3. The summed E-state index contributed by atoms with van der Waals surface area (Å²) in [6.07, 6.45) is 1.10. The van der Waals surface area contributed by atoms with Crippen LogP contribution in [0, 0.1) is 0 Å². The molecule has 0 bridgehead atoms. The fourth-order valence-electron chi connectivity index (χ4n) is 1.43. The van der Waals surface area contributed by atoms with E-state index in [1.54, 1.807) is 24.3 Å². The molecule has 0 aliphatic heterocycles. The molecule has 0 aliphatic rings. The van der Waals surface area contributed by atoms with E-state index >= 15 is 0 Å². The van der Waals surface area contributed by atoms with Gasteiger partial charge in [-0.1, -0.05) is 18.2 Å². The van der Waals surface area contributed by atoms with Gasteiger partial charge in [-0.25, -0.2) is 4.79 Å². The molecule has 1 heterocycles. The van der Waals surface area contributed by atoms with Gasteiger partial charge in [-0.05, 0) is 12.1 Å². The quantitative estimate of drug-likeness (QED) is 0.853. The minimum absolute atomic E-state index is 0.123. The van der Waals surface area contributed by atoms with Gasteiger partial charge in [0.25, 0.3) is 5.91 Å². The van der Waals surface area contributed by atoms with Crippen molar-refractivity contribution >= 4 is 5.91 Å². The SMILES string of the molecule is O=C(NCc1ccccc1O)c1ccc(=O)oc1. The van der Waals surface area contributed by atoms with Crippen LogP contribution in [0.5, 0.6) is 5.75 Å². The first kappa shape index (κ1) is 11.9. The molecular formula is C13H11NO4. The summed E-state index contributed by atoms with van der Waals surface area (Å²) < 4.78 is 4.59. The molecule has 0 saturated carbocycles. The number of benzene rings is 1. The van der Waals surface area contributed by atoms with Crippen molar-refractivity contribution in [3.05, 3.63) is 64.2 Å². The first-order chi connectivity index (χ1) is 8.66. The molecule has 0 aliphatic carbocycles. The van der Waals surface area contributed by atoms with Crippen molar-refractivity contribution in [3.8, 4) is 5.75 Å². The molecule has 0 fully saturated rings. The Morgan fingerprint density at radius 3 is 2.67 bits per heavy atom. The van der Waals surface area contributed by atoms with Crippen molar-refractivity contribution in [1.29, 1.82) is 0 Å². The summed E-state index contributed by atoms with van der Waals surface area (Å²) in [5, 5.41) is 12.1. The molecule has 0 spiro atoms. The van der Waals surface area contributed by atoms with Crippen LogP contribution in [0.15, 0.2) is 51.9 Å². The Balaban J connectivity index is 2.03. The lowest BCUT2D eigenvalue weighted by Gasteiger charge is -2.06. The van der Waals surface area contributed by atoms with Crippen molar-refractivity contribution < 1.29 is 14.3 Å². The highest BCUT2D eigenvalue weighted by Gasteiger charge is 2.07. The lowest BCUT2D eigenvalue weighted by Crippen LogP contribution is -2.23. The minimum Gasteiger partial charge on any atom is -0.508 e. The number of carbonyl (C=O) groups excluding carboxylic acids is 1. The summed E-state index contributed by atoms with van der Waals surface area (Å²) >= 11 is 0.